The van der Waals surface area contributed by atoms with E-state index in [2.05, 4.69) is 4.99 Å². The maximum Gasteiger partial charge on any atom is 0.141 e. The van der Waals surface area contributed by atoms with Crippen LogP contribution in [0, 0.1) is 5.82 Å². The fourth-order valence-electron chi connectivity index (χ4n) is 2.59. The van der Waals surface area contributed by atoms with Gasteiger partial charge in [-0.15, -0.1) is 0 Å². The van der Waals surface area contributed by atoms with Gasteiger partial charge >= 0.3 is 0 Å². The second-order valence-electron chi connectivity index (χ2n) is 5.58. The van der Waals surface area contributed by atoms with Crippen LogP contribution in [-0.4, -0.2) is 19.0 Å². The highest BCUT2D eigenvalue weighted by molar-refractivity contribution is 6.31. The van der Waals surface area contributed by atoms with Crippen molar-refractivity contribution >= 4 is 17.4 Å². The molecule has 0 amide bonds. The van der Waals surface area contributed by atoms with E-state index in [0.717, 1.165) is 16.7 Å². The summed E-state index contributed by atoms with van der Waals surface area (Å²) in [6.45, 7) is 2.82. The first-order chi connectivity index (χ1) is 10.5. The van der Waals surface area contributed by atoms with Crippen LogP contribution in [0.1, 0.15) is 12.5 Å². The van der Waals surface area contributed by atoms with Crippen molar-refractivity contribution in [3.05, 3.63) is 58.9 Å². The van der Waals surface area contributed by atoms with Crippen molar-refractivity contribution in [2.45, 2.75) is 12.5 Å². The molecule has 2 aromatic rings. The van der Waals surface area contributed by atoms with Gasteiger partial charge in [0.1, 0.15) is 23.8 Å². The fraction of sp³-hybridized carbons (Fsp3) is 0.235. The average molecular weight is 319 g/mol. The number of aliphatic imine (C=N–C) groups is 1. The van der Waals surface area contributed by atoms with E-state index in [1.54, 1.807) is 12.1 Å². The van der Waals surface area contributed by atoms with Gasteiger partial charge in [0.15, 0.2) is 0 Å². The van der Waals surface area contributed by atoms with Gasteiger partial charge < -0.3 is 10.5 Å². The van der Waals surface area contributed by atoms with Crippen LogP contribution in [0.4, 0.5) is 4.39 Å². The van der Waals surface area contributed by atoms with Crippen molar-refractivity contribution in [2.75, 3.05) is 13.2 Å². The molecular weight excluding hydrogens is 303 g/mol. The van der Waals surface area contributed by atoms with E-state index in [1.165, 1.54) is 6.07 Å². The summed E-state index contributed by atoms with van der Waals surface area (Å²) < 4.78 is 18.8. The van der Waals surface area contributed by atoms with Crippen molar-refractivity contribution in [3.63, 3.8) is 0 Å². The Hall–Kier alpha value is -1.91. The summed E-state index contributed by atoms with van der Waals surface area (Å²) in [5.74, 6) is 0.0653. The van der Waals surface area contributed by atoms with E-state index in [4.69, 9.17) is 22.1 Å². The number of amidine groups is 1. The number of hydrogen-bond acceptors (Lipinski definition) is 3. The molecule has 2 aromatic carbocycles. The Morgan fingerprint density at radius 1 is 1.23 bits per heavy atom. The highest BCUT2D eigenvalue weighted by Gasteiger charge is 2.30. The molecule has 3 nitrogen and oxygen atoms in total. The Balaban J connectivity index is 2.02. The summed E-state index contributed by atoms with van der Waals surface area (Å²) in [7, 11) is 0. The van der Waals surface area contributed by atoms with Gasteiger partial charge in [-0.25, -0.2) is 4.39 Å². The number of benzene rings is 2. The van der Waals surface area contributed by atoms with Gasteiger partial charge in [0.05, 0.1) is 11.6 Å². The van der Waals surface area contributed by atoms with Crippen LogP contribution in [0.5, 0.6) is 0 Å². The normalized spacial score (nSPS) is 21.5. The molecule has 0 saturated heterocycles. The maximum atomic E-state index is 13.3. The summed E-state index contributed by atoms with van der Waals surface area (Å²) in [5.41, 5.74) is 8.08. The zero-order valence-electron chi connectivity index (χ0n) is 12.1. The topological polar surface area (TPSA) is 47.6 Å². The summed E-state index contributed by atoms with van der Waals surface area (Å²) in [6, 6.07) is 12.6. The lowest BCUT2D eigenvalue weighted by Gasteiger charge is -2.30. The molecule has 0 saturated carbocycles. The quantitative estimate of drug-likeness (QED) is 0.916. The van der Waals surface area contributed by atoms with Crippen molar-refractivity contribution in [1.82, 2.24) is 0 Å². The molecule has 2 N–H and O–H groups in total. The molecule has 114 valence electrons. The van der Waals surface area contributed by atoms with Gasteiger partial charge in [-0.2, -0.15) is 0 Å². The van der Waals surface area contributed by atoms with Gasteiger partial charge in [0, 0.05) is 0 Å². The monoisotopic (exact) mass is 318 g/mol. The molecule has 1 atom stereocenters. The number of ether oxygens (including phenoxy) is 1. The van der Waals surface area contributed by atoms with Gasteiger partial charge in [-0.3, -0.25) is 4.99 Å². The van der Waals surface area contributed by atoms with Crippen LogP contribution in [0.3, 0.4) is 0 Å². The van der Waals surface area contributed by atoms with Crippen LogP contribution in [-0.2, 0) is 10.3 Å². The summed E-state index contributed by atoms with van der Waals surface area (Å²) >= 11 is 5.87. The molecule has 0 bridgehead atoms. The molecule has 5 heteroatoms. The van der Waals surface area contributed by atoms with Crippen LogP contribution >= 0.6 is 11.6 Å². The largest absolute Gasteiger partial charge is 0.386 e. The van der Waals surface area contributed by atoms with Crippen molar-refractivity contribution in [1.29, 1.82) is 0 Å². The minimum absolute atomic E-state index is 0.109. The summed E-state index contributed by atoms with van der Waals surface area (Å²) in [4.78, 5) is 4.53. The minimum atomic E-state index is -0.512. The molecule has 0 fully saturated rings. The number of rotatable bonds is 2. The smallest absolute Gasteiger partial charge is 0.141 e. The Morgan fingerprint density at radius 3 is 2.73 bits per heavy atom. The average Bonchev–Trinajstić information content (AvgIpc) is 2.50. The molecule has 0 aliphatic carbocycles. The summed E-state index contributed by atoms with van der Waals surface area (Å²) in [6.07, 6.45) is 0. The first-order valence-electron chi connectivity index (χ1n) is 6.96. The zero-order valence-corrected chi connectivity index (χ0v) is 12.9. The van der Waals surface area contributed by atoms with E-state index in [0.29, 0.717) is 19.0 Å². The first kappa shape index (κ1) is 15.0. The van der Waals surface area contributed by atoms with Crippen molar-refractivity contribution < 1.29 is 9.13 Å². The van der Waals surface area contributed by atoms with E-state index in [9.17, 15) is 4.39 Å². The first-order valence-corrected chi connectivity index (χ1v) is 7.34. The van der Waals surface area contributed by atoms with Crippen LogP contribution < -0.4 is 5.73 Å². The van der Waals surface area contributed by atoms with E-state index >= 15 is 0 Å². The molecule has 0 spiro atoms. The Kier molecular flexibility index (Phi) is 3.89. The van der Waals surface area contributed by atoms with Crippen LogP contribution in [0.2, 0.25) is 5.02 Å². The second kappa shape index (κ2) is 5.71. The van der Waals surface area contributed by atoms with E-state index in [1.807, 2.05) is 31.2 Å². The van der Waals surface area contributed by atoms with Gasteiger partial charge in [-0.05, 0) is 41.8 Å². The maximum absolute atomic E-state index is 13.3. The summed E-state index contributed by atoms with van der Waals surface area (Å²) in [5, 5.41) is 0.109. The predicted molar refractivity (Wildman–Crippen MR) is 86.6 cm³/mol. The lowest BCUT2D eigenvalue weighted by molar-refractivity contribution is 0.106. The van der Waals surface area contributed by atoms with Gasteiger partial charge in [0.25, 0.3) is 0 Å². The number of nitrogens with zero attached hydrogens (tertiary/aromatic N) is 1. The van der Waals surface area contributed by atoms with Crippen LogP contribution in [0.15, 0.2) is 47.5 Å². The number of halogens is 2. The molecule has 1 heterocycles. The SMILES string of the molecule is CC1(c2cccc(-c3ccc(F)c(Cl)c3)c2)COCC(N)=N1. The fourth-order valence-corrected chi connectivity index (χ4v) is 2.77. The predicted octanol–water partition coefficient (Wildman–Crippen LogP) is 3.75. The van der Waals surface area contributed by atoms with Gasteiger partial charge in [0.2, 0.25) is 0 Å². The highest BCUT2D eigenvalue weighted by atomic mass is 35.5. The molecule has 0 aromatic heterocycles. The molecule has 1 unspecified atom stereocenters. The van der Waals surface area contributed by atoms with Crippen molar-refractivity contribution in [2.24, 2.45) is 10.7 Å². The minimum Gasteiger partial charge on any atom is -0.386 e. The Bertz CT molecular complexity index is 747. The molecule has 3 rings (SSSR count). The van der Waals surface area contributed by atoms with E-state index in [-0.39, 0.29) is 5.02 Å². The third-order valence-corrected chi connectivity index (χ3v) is 4.05. The third kappa shape index (κ3) is 2.85. The molecule has 1 aliphatic heterocycles. The highest BCUT2D eigenvalue weighted by Crippen LogP contribution is 2.32. The number of nitrogens with two attached hydrogens (primary N) is 1. The Morgan fingerprint density at radius 2 is 2.00 bits per heavy atom. The molecule has 0 radical (unpaired) electrons. The number of hydrogen-bond donors (Lipinski definition) is 1. The molecule has 1 aliphatic rings. The van der Waals surface area contributed by atoms with Crippen molar-refractivity contribution in [3.8, 4) is 11.1 Å². The Labute approximate surface area is 133 Å². The lowest BCUT2D eigenvalue weighted by Crippen LogP contribution is -2.37. The molecule has 22 heavy (non-hydrogen) atoms. The standard InChI is InChI=1S/C17H16ClFN2O/c1-17(10-22-9-16(20)21-17)13-4-2-3-11(7-13)12-5-6-15(19)14(18)8-12/h2-8H,9-10H2,1H3,(H2,20,21). The molecular formula is C17H16ClFN2O. The lowest BCUT2D eigenvalue weighted by atomic mass is 9.90. The third-order valence-electron chi connectivity index (χ3n) is 3.76. The zero-order chi connectivity index (χ0) is 15.7. The van der Waals surface area contributed by atoms with E-state index < -0.39 is 11.4 Å². The van der Waals surface area contributed by atoms with Crippen LogP contribution in [0.25, 0.3) is 11.1 Å². The van der Waals surface area contributed by atoms with Gasteiger partial charge in [-0.1, -0.05) is 35.9 Å². The second-order valence-corrected chi connectivity index (χ2v) is 5.99.